The highest BCUT2D eigenvalue weighted by atomic mass is 16.7. The van der Waals surface area contributed by atoms with Gasteiger partial charge in [0.1, 0.15) is 29.5 Å². The molecule has 3 aromatic carbocycles. The molecule has 5 heterocycles. The molecule has 332 valence electrons. The molecular weight excluding hydrogens is 831 g/mol. The summed E-state index contributed by atoms with van der Waals surface area (Å²) in [4.78, 5) is 69.5. The lowest BCUT2D eigenvalue weighted by molar-refractivity contribution is -0.247. The molecule has 0 radical (unpaired) electrons. The number of hydrogen-bond donors (Lipinski definition) is 6. The lowest BCUT2D eigenvalue weighted by Crippen LogP contribution is -2.52. The number of carbonyl (C=O) groups excluding carboxylic acids is 4. The minimum atomic E-state index is -2.00. The Bertz CT molecular complexity index is 2910. The van der Waals surface area contributed by atoms with Crippen LogP contribution in [0.1, 0.15) is 106 Å². The summed E-state index contributed by atoms with van der Waals surface area (Å²) in [6, 6.07) is 15.3. The van der Waals surface area contributed by atoms with Gasteiger partial charge in [-0.3, -0.25) is 19.2 Å². The molecule has 5 unspecified atom stereocenters. The van der Waals surface area contributed by atoms with E-state index in [0.29, 0.717) is 23.4 Å². The Morgan fingerprint density at radius 1 is 0.984 bits per heavy atom. The van der Waals surface area contributed by atoms with Gasteiger partial charge in [-0.1, -0.05) is 37.3 Å². The standard InChI is InChI=1S/C27H29NO10.C20H16N2O4/c1-10-22(30)14(28)7-17(37-10)38-16-9-27(35,11(2)29)8-13-19(16)26(34)21-20(24(13)32)23(31)12-5-4-6-15(36-3)18(12)25(21)33;1-2-20(25)14-8-16-17-12(7-11-5-3-4-6-15(11)21-17)9-22(16)18(23)13(14)10-26-19(20)24/h4-6,10,14,16-17,22,30,32,34-35H,7-9,28H2,1-3H3;3-8,25H,2,9-10H2,1H3/t10?,14?,16-,17?,22?,27-;/m0./s1. The van der Waals surface area contributed by atoms with E-state index in [1.54, 1.807) is 24.5 Å². The van der Waals surface area contributed by atoms with Crippen molar-refractivity contribution in [2.75, 3.05) is 7.11 Å². The summed E-state index contributed by atoms with van der Waals surface area (Å²) in [6.45, 7) is 4.80. The lowest BCUT2D eigenvalue weighted by Gasteiger charge is -2.42. The fraction of sp³-hybridized carbons (Fsp3) is 0.362. The van der Waals surface area contributed by atoms with Gasteiger partial charge >= 0.3 is 5.97 Å². The van der Waals surface area contributed by atoms with Gasteiger partial charge in [0.15, 0.2) is 23.5 Å². The van der Waals surface area contributed by atoms with Crippen molar-refractivity contribution in [2.24, 2.45) is 5.73 Å². The predicted octanol–water partition coefficient (Wildman–Crippen LogP) is 3.11. The molecule has 0 saturated carbocycles. The summed E-state index contributed by atoms with van der Waals surface area (Å²) >= 11 is 0. The third-order valence-corrected chi connectivity index (χ3v) is 13.2. The minimum Gasteiger partial charge on any atom is -0.507 e. The van der Waals surface area contributed by atoms with Crippen LogP contribution in [-0.2, 0) is 49.0 Å². The number of carbonyl (C=O) groups is 4. The number of ketones is 3. The van der Waals surface area contributed by atoms with Crippen molar-refractivity contribution in [3.63, 3.8) is 0 Å². The van der Waals surface area contributed by atoms with Gasteiger partial charge in [0.05, 0.1) is 71.1 Å². The van der Waals surface area contributed by atoms with Crippen molar-refractivity contribution in [2.45, 2.75) is 101 Å². The number of nitrogens with two attached hydrogens (primary N) is 1. The second kappa shape index (κ2) is 15.4. The number of para-hydroxylation sites is 1. The van der Waals surface area contributed by atoms with E-state index >= 15 is 0 Å². The van der Waals surface area contributed by atoms with Gasteiger partial charge in [-0.05, 0) is 44.5 Å². The SMILES string of the molecule is CCC1(O)C(=O)OCc2c1cc1n(c2=O)Cc2cc3ccccc3nc2-1.COc1cccc2c1C(=O)c1c(O)c3c(c(O)c1C2=O)C[C@@](O)(C(C)=O)C[C@@H]3OC1CC(N)C(O)C(C)O1. The summed E-state index contributed by atoms with van der Waals surface area (Å²) in [5, 5.41) is 56.0. The first kappa shape index (κ1) is 42.9. The molecule has 0 spiro atoms. The number of esters is 1. The number of cyclic esters (lactones) is 1. The minimum absolute atomic E-state index is 0.0147. The zero-order valence-electron chi connectivity index (χ0n) is 35.2. The number of methoxy groups -OCH3 is 1. The van der Waals surface area contributed by atoms with Crippen LogP contribution in [0.15, 0.2) is 59.4 Å². The van der Waals surface area contributed by atoms with E-state index in [9.17, 15) is 49.5 Å². The normalized spacial score (nSPS) is 26.3. The third kappa shape index (κ3) is 6.44. The number of aliphatic hydroxyl groups is 3. The molecule has 0 amide bonds. The molecule has 64 heavy (non-hydrogen) atoms. The molecule has 17 heteroatoms. The molecule has 2 aromatic heterocycles. The van der Waals surface area contributed by atoms with Crippen molar-refractivity contribution < 1.29 is 63.7 Å². The number of phenolic OH excluding ortho intramolecular Hbond substituents is 2. The van der Waals surface area contributed by atoms with Gasteiger partial charge in [0, 0.05) is 58.5 Å². The Morgan fingerprint density at radius 3 is 2.42 bits per heavy atom. The van der Waals surface area contributed by atoms with Crippen LogP contribution in [-0.4, -0.2) is 95.7 Å². The summed E-state index contributed by atoms with van der Waals surface area (Å²) in [5.41, 5.74) is 4.79. The number of fused-ring (bicyclic) bond motifs is 8. The Morgan fingerprint density at radius 2 is 1.72 bits per heavy atom. The zero-order chi connectivity index (χ0) is 45.7. The number of benzene rings is 3. The van der Waals surface area contributed by atoms with E-state index in [4.69, 9.17) is 29.7 Å². The number of nitrogens with zero attached hydrogens (tertiary/aromatic N) is 2. The summed E-state index contributed by atoms with van der Waals surface area (Å²) in [6.07, 6.45) is -4.39. The van der Waals surface area contributed by atoms with Gasteiger partial charge in [-0.2, -0.15) is 0 Å². The fourth-order valence-electron chi connectivity index (χ4n) is 9.58. The van der Waals surface area contributed by atoms with Crippen molar-refractivity contribution in [3.05, 3.63) is 115 Å². The van der Waals surface area contributed by atoms with E-state index in [-0.39, 0.29) is 59.4 Å². The molecular formula is C47H45N3O14. The molecule has 5 aromatic rings. The maximum absolute atomic E-state index is 13.6. The highest BCUT2D eigenvalue weighted by molar-refractivity contribution is 6.31. The smallest absolute Gasteiger partial charge is 0.343 e. The molecule has 5 aliphatic rings. The maximum Gasteiger partial charge on any atom is 0.343 e. The van der Waals surface area contributed by atoms with Gasteiger partial charge < -0.3 is 54.8 Å². The Labute approximate surface area is 364 Å². The van der Waals surface area contributed by atoms with Crippen LogP contribution in [0.4, 0.5) is 0 Å². The number of pyridine rings is 2. The van der Waals surface area contributed by atoms with Crippen molar-refractivity contribution in [3.8, 4) is 28.6 Å². The molecule has 17 nitrogen and oxygen atoms in total. The topological polar surface area (TPSA) is 267 Å². The van der Waals surface area contributed by atoms with Crippen molar-refractivity contribution in [1.82, 2.24) is 9.55 Å². The first-order valence-corrected chi connectivity index (χ1v) is 20.8. The van der Waals surface area contributed by atoms with Gasteiger partial charge in [-0.15, -0.1) is 0 Å². The average molecular weight is 876 g/mol. The number of aromatic hydroxyl groups is 2. The second-order valence-corrected chi connectivity index (χ2v) is 16.9. The van der Waals surface area contributed by atoms with Crippen LogP contribution >= 0.6 is 0 Å². The fourth-order valence-corrected chi connectivity index (χ4v) is 9.58. The number of aromatic nitrogens is 2. The molecule has 0 bridgehead atoms. The average Bonchev–Trinajstić information content (AvgIpc) is 3.63. The monoisotopic (exact) mass is 875 g/mol. The highest BCUT2D eigenvalue weighted by Crippen LogP contribution is 2.52. The highest BCUT2D eigenvalue weighted by Gasteiger charge is 2.50. The van der Waals surface area contributed by atoms with Crippen LogP contribution in [0.3, 0.4) is 0 Å². The van der Waals surface area contributed by atoms with Gasteiger partial charge in [-0.25, -0.2) is 9.78 Å². The number of hydrogen-bond acceptors (Lipinski definition) is 16. The van der Waals surface area contributed by atoms with E-state index in [0.717, 1.165) is 22.2 Å². The third-order valence-electron chi connectivity index (χ3n) is 13.2. The van der Waals surface area contributed by atoms with Crippen LogP contribution in [0, 0.1) is 0 Å². The van der Waals surface area contributed by atoms with Crippen LogP contribution in [0.2, 0.25) is 0 Å². The molecule has 7 atom stereocenters. The molecule has 1 saturated heterocycles. The lowest BCUT2D eigenvalue weighted by atomic mass is 9.72. The number of Topliss-reactive ketones (excluding diaryl/α,β-unsaturated/α-hetero) is 1. The molecule has 2 aliphatic carbocycles. The Balaban J connectivity index is 0.000000173. The van der Waals surface area contributed by atoms with Crippen LogP contribution in [0.5, 0.6) is 17.2 Å². The number of phenols is 2. The quantitative estimate of drug-likeness (QED) is 0.107. The van der Waals surface area contributed by atoms with E-state index in [1.165, 1.54) is 32.2 Å². The van der Waals surface area contributed by atoms with Crippen molar-refractivity contribution >= 4 is 34.2 Å². The summed E-state index contributed by atoms with van der Waals surface area (Å²) < 4.78 is 23.8. The molecule has 1 fully saturated rings. The first-order valence-electron chi connectivity index (χ1n) is 20.8. The first-order chi connectivity index (χ1) is 30.4. The van der Waals surface area contributed by atoms with Gasteiger partial charge in [0.2, 0.25) is 5.78 Å². The van der Waals surface area contributed by atoms with Gasteiger partial charge in [0.25, 0.3) is 5.56 Å². The van der Waals surface area contributed by atoms with Crippen molar-refractivity contribution in [1.29, 1.82) is 0 Å². The second-order valence-electron chi connectivity index (χ2n) is 16.9. The Hall–Kier alpha value is -6.34. The number of ether oxygens (including phenoxy) is 4. The van der Waals surface area contributed by atoms with E-state index < -0.39 is 94.2 Å². The van der Waals surface area contributed by atoms with Crippen LogP contribution in [0.25, 0.3) is 22.3 Å². The molecule has 7 N–H and O–H groups in total. The largest absolute Gasteiger partial charge is 0.507 e. The predicted molar refractivity (Wildman–Crippen MR) is 225 cm³/mol. The summed E-state index contributed by atoms with van der Waals surface area (Å²) in [7, 11) is 1.34. The molecule has 10 rings (SSSR count). The Kier molecular flexibility index (Phi) is 10.4. The number of aliphatic hydroxyl groups excluding tert-OH is 1. The maximum atomic E-state index is 13.6. The zero-order valence-corrected chi connectivity index (χ0v) is 35.2. The van der Waals surface area contributed by atoms with E-state index in [2.05, 4.69) is 0 Å². The summed E-state index contributed by atoms with van der Waals surface area (Å²) in [5.74, 6) is -3.88. The molecule has 3 aliphatic heterocycles. The van der Waals surface area contributed by atoms with E-state index in [1.807, 2.05) is 30.3 Å². The van der Waals surface area contributed by atoms with Crippen LogP contribution < -0.4 is 16.0 Å². The number of rotatable bonds is 5.